The van der Waals surface area contributed by atoms with Gasteiger partial charge < -0.3 is 10.8 Å². The van der Waals surface area contributed by atoms with Gasteiger partial charge in [0.25, 0.3) is 0 Å². The van der Waals surface area contributed by atoms with E-state index < -0.39 is 31.9 Å². The Hall–Kier alpha value is -1.71. The Morgan fingerprint density at radius 1 is 1.45 bits per heavy atom. The Kier molecular flexibility index (Phi) is 3.67. The Bertz CT molecular complexity index is 639. The van der Waals surface area contributed by atoms with Crippen LogP contribution in [0.4, 0.5) is 5.69 Å². The molecule has 8 nitrogen and oxygen atoms in total. The van der Waals surface area contributed by atoms with Gasteiger partial charge in [-0.2, -0.15) is 0 Å². The van der Waals surface area contributed by atoms with Crippen LogP contribution in [0.3, 0.4) is 0 Å². The first-order valence-electron chi connectivity index (χ1n) is 5.99. The number of nitrogens with two attached hydrogens (primary N) is 1. The van der Waals surface area contributed by atoms with E-state index in [2.05, 4.69) is 4.72 Å². The van der Waals surface area contributed by atoms with E-state index in [1.54, 1.807) is 0 Å². The highest BCUT2D eigenvalue weighted by molar-refractivity contribution is 7.89. The van der Waals surface area contributed by atoms with E-state index in [0.717, 1.165) is 37.5 Å². The van der Waals surface area contributed by atoms with Gasteiger partial charge in [-0.1, -0.05) is 0 Å². The van der Waals surface area contributed by atoms with Gasteiger partial charge in [0, 0.05) is 18.2 Å². The highest BCUT2D eigenvalue weighted by Gasteiger charge is 2.34. The van der Waals surface area contributed by atoms with E-state index in [9.17, 15) is 23.6 Å². The fraction of sp³-hybridized carbons (Fsp3) is 0.455. The van der Waals surface area contributed by atoms with Crippen molar-refractivity contribution in [2.24, 2.45) is 5.73 Å². The molecule has 9 heteroatoms. The quantitative estimate of drug-likeness (QED) is 0.534. The van der Waals surface area contributed by atoms with Crippen LogP contribution >= 0.6 is 0 Å². The Morgan fingerprint density at radius 2 is 2.10 bits per heavy atom. The minimum Gasteiger partial charge on any atom is -0.502 e. The van der Waals surface area contributed by atoms with Gasteiger partial charge in [-0.05, 0) is 31.4 Å². The van der Waals surface area contributed by atoms with Crippen molar-refractivity contribution in [2.45, 2.75) is 29.7 Å². The molecule has 0 atom stereocenters. The fourth-order valence-corrected chi connectivity index (χ4v) is 3.10. The van der Waals surface area contributed by atoms with Gasteiger partial charge in [0.05, 0.1) is 9.82 Å². The lowest BCUT2D eigenvalue weighted by molar-refractivity contribution is -0.386. The molecule has 0 aliphatic heterocycles. The molecule has 1 aliphatic carbocycles. The number of nitrogens with one attached hydrogen (secondary N) is 1. The van der Waals surface area contributed by atoms with E-state index in [-0.39, 0.29) is 11.4 Å². The van der Waals surface area contributed by atoms with Gasteiger partial charge in [0.2, 0.25) is 10.0 Å². The first-order valence-corrected chi connectivity index (χ1v) is 7.48. The Balaban J connectivity index is 2.21. The van der Waals surface area contributed by atoms with Crippen LogP contribution in [-0.2, 0) is 10.0 Å². The van der Waals surface area contributed by atoms with Crippen molar-refractivity contribution >= 4 is 15.7 Å². The van der Waals surface area contributed by atoms with Gasteiger partial charge >= 0.3 is 5.69 Å². The lowest BCUT2D eigenvalue weighted by atomic mass is 9.78. The van der Waals surface area contributed by atoms with Gasteiger partial charge in [-0.25, -0.2) is 13.1 Å². The molecule has 0 amide bonds. The largest absolute Gasteiger partial charge is 0.502 e. The molecule has 1 aliphatic rings. The Labute approximate surface area is 115 Å². The summed E-state index contributed by atoms with van der Waals surface area (Å²) in [5.74, 6) is -0.580. The molecule has 0 bridgehead atoms. The number of nitrogens with zero attached hydrogens (tertiary/aromatic N) is 1. The molecule has 0 heterocycles. The number of nitro benzene ring substituents is 1. The van der Waals surface area contributed by atoms with Crippen LogP contribution < -0.4 is 10.5 Å². The summed E-state index contributed by atoms with van der Waals surface area (Å²) in [6.45, 7) is 0.0873. The molecule has 0 saturated heterocycles. The van der Waals surface area contributed by atoms with Crippen LogP contribution in [0.25, 0.3) is 0 Å². The zero-order valence-corrected chi connectivity index (χ0v) is 11.4. The van der Waals surface area contributed by atoms with Crippen LogP contribution in [0.1, 0.15) is 19.3 Å². The first-order chi connectivity index (χ1) is 9.23. The molecule has 110 valence electrons. The van der Waals surface area contributed by atoms with E-state index in [0.29, 0.717) is 0 Å². The van der Waals surface area contributed by atoms with E-state index in [4.69, 9.17) is 5.73 Å². The lowest BCUT2D eigenvalue weighted by Crippen LogP contribution is -2.54. The molecule has 1 aromatic rings. The average Bonchev–Trinajstić information content (AvgIpc) is 2.34. The fourth-order valence-electron chi connectivity index (χ4n) is 1.95. The maximum Gasteiger partial charge on any atom is 0.312 e. The molecule has 0 unspecified atom stereocenters. The SMILES string of the molecule is NC1(CNS(=O)(=O)c2ccc(O)c([N+](=O)[O-])c2)CCC1. The number of rotatable bonds is 5. The molecule has 1 aromatic carbocycles. The van der Waals surface area contributed by atoms with Crippen LogP contribution in [0, 0.1) is 10.1 Å². The third-order valence-corrected chi connectivity index (χ3v) is 4.82. The number of phenols is 1. The van der Waals surface area contributed by atoms with Crippen molar-refractivity contribution in [3.63, 3.8) is 0 Å². The smallest absolute Gasteiger partial charge is 0.312 e. The second-order valence-electron chi connectivity index (χ2n) is 4.95. The zero-order valence-electron chi connectivity index (χ0n) is 10.6. The minimum atomic E-state index is -3.89. The minimum absolute atomic E-state index is 0.0873. The molecule has 4 N–H and O–H groups in total. The number of nitro groups is 1. The normalized spacial score (nSPS) is 17.4. The van der Waals surface area contributed by atoms with Crippen molar-refractivity contribution < 1.29 is 18.4 Å². The van der Waals surface area contributed by atoms with Crippen LogP contribution in [0.15, 0.2) is 23.1 Å². The van der Waals surface area contributed by atoms with Crippen LogP contribution in [0.2, 0.25) is 0 Å². The van der Waals surface area contributed by atoms with E-state index in [1.807, 2.05) is 0 Å². The van der Waals surface area contributed by atoms with Gasteiger partial charge in [0.1, 0.15) is 0 Å². The van der Waals surface area contributed by atoms with Crippen LogP contribution in [0.5, 0.6) is 5.75 Å². The molecule has 0 radical (unpaired) electrons. The highest BCUT2D eigenvalue weighted by Crippen LogP contribution is 2.30. The molecular weight excluding hydrogens is 286 g/mol. The molecule has 20 heavy (non-hydrogen) atoms. The van der Waals surface area contributed by atoms with Gasteiger partial charge in [-0.15, -0.1) is 0 Å². The second-order valence-corrected chi connectivity index (χ2v) is 6.72. The van der Waals surface area contributed by atoms with Crippen molar-refractivity contribution in [3.8, 4) is 5.75 Å². The summed E-state index contributed by atoms with van der Waals surface area (Å²) in [7, 11) is -3.89. The molecular formula is C11H15N3O5S. The summed E-state index contributed by atoms with van der Waals surface area (Å²) in [5, 5.41) is 20.0. The third kappa shape index (κ3) is 2.89. The summed E-state index contributed by atoms with van der Waals surface area (Å²) in [4.78, 5) is 9.57. The number of hydrogen-bond acceptors (Lipinski definition) is 6. The number of benzene rings is 1. The number of aromatic hydroxyl groups is 1. The molecule has 2 rings (SSSR count). The van der Waals surface area contributed by atoms with Crippen LogP contribution in [-0.4, -0.2) is 30.5 Å². The predicted octanol–water partition coefficient (Wildman–Crippen LogP) is 0.460. The molecule has 0 spiro atoms. The average molecular weight is 301 g/mol. The van der Waals surface area contributed by atoms with E-state index in [1.165, 1.54) is 0 Å². The maximum atomic E-state index is 12.0. The molecule has 1 fully saturated rings. The standard InChI is InChI=1S/C11H15N3O5S/c12-11(4-1-5-11)7-13-20(18,19)8-2-3-10(15)9(6-8)14(16)17/h2-3,6,13,15H,1,4-5,7,12H2. The predicted molar refractivity (Wildman–Crippen MR) is 70.7 cm³/mol. The highest BCUT2D eigenvalue weighted by atomic mass is 32.2. The topological polar surface area (TPSA) is 136 Å². The summed E-state index contributed by atoms with van der Waals surface area (Å²) in [6, 6.07) is 2.91. The summed E-state index contributed by atoms with van der Waals surface area (Å²) >= 11 is 0. The monoisotopic (exact) mass is 301 g/mol. The van der Waals surface area contributed by atoms with Crippen molar-refractivity contribution in [1.82, 2.24) is 4.72 Å². The number of sulfonamides is 1. The van der Waals surface area contributed by atoms with Gasteiger partial charge in [0.15, 0.2) is 5.75 Å². The summed E-state index contributed by atoms with van der Waals surface area (Å²) in [6.07, 6.45) is 2.44. The first kappa shape index (κ1) is 14.7. The van der Waals surface area contributed by atoms with Crippen molar-refractivity contribution in [2.75, 3.05) is 6.54 Å². The lowest BCUT2D eigenvalue weighted by Gasteiger charge is -2.37. The third-order valence-electron chi connectivity index (χ3n) is 3.42. The zero-order chi connectivity index (χ0) is 15.0. The van der Waals surface area contributed by atoms with E-state index >= 15 is 0 Å². The second kappa shape index (κ2) is 5.00. The molecule has 1 saturated carbocycles. The van der Waals surface area contributed by atoms with Crippen molar-refractivity contribution in [1.29, 1.82) is 0 Å². The maximum absolute atomic E-state index is 12.0. The number of hydrogen-bond donors (Lipinski definition) is 3. The van der Waals surface area contributed by atoms with Gasteiger partial charge in [-0.3, -0.25) is 10.1 Å². The number of phenolic OH excluding ortho intramolecular Hbond substituents is 1. The van der Waals surface area contributed by atoms with Crippen molar-refractivity contribution in [3.05, 3.63) is 28.3 Å². The Morgan fingerprint density at radius 3 is 2.60 bits per heavy atom. The summed E-state index contributed by atoms with van der Waals surface area (Å²) < 4.78 is 26.4. The molecule has 0 aromatic heterocycles. The summed E-state index contributed by atoms with van der Waals surface area (Å²) in [5.41, 5.74) is 4.73.